The van der Waals surface area contributed by atoms with E-state index in [1.807, 2.05) is 0 Å². The molecule has 0 aliphatic rings. The fraction of sp³-hybridized carbons (Fsp3) is 0.654. The number of allylic oxidation sites excluding steroid dienone is 5. The van der Waals surface area contributed by atoms with E-state index in [2.05, 4.69) is 56.6 Å². The zero-order valence-corrected chi connectivity index (χ0v) is 23.1. The van der Waals surface area contributed by atoms with Crippen LogP contribution in [0.3, 0.4) is 0 Å². The normalized spacial score (nSPS) is 14.1. The average Bonchev–Trinajstić information content (AvgIpc) is 2.72. The average molecular weight is 513 g/mol. The van der Waals surface area contributed by atoms with Crippen LogP contribution in [0.1, 0.15) is 74.1 Å². The van der Waals surface area contributed by atoms with E-state index in [0.717, 1.165) is 25.7 Å². The van der Waals surface area contributed by atoms with Crippen molar-refractivity contribution in [2.45, 2.75) is 91.8 Å². The minimum atomic E-state index is -1.31. The minimum absolute atomic E-state index is 0.152. The van der Waals surface area contributed by atoms with Crippen LogP contribution in [0.15, 0.2) is 34.9 Å². The number of carboxylic acids is 1. The summed E-state index contributed by atoms with van der Waals surface area (Å²) >= 11 is 1.39. The first kappa shape index (κ1) is 32.7. The molecule has 0 aromatic carbocycles. The van der Waals surface area contributed by atoms with Crippen LogP contribution >= 0.6 is 11.8 Å². The Morgan fingerprint density at radius 1 is 0.914 bits per heavy atom. The molecular formula is C26H44N2O6S. The number of aliphatic hydroxyl groups excluding tert-OH is 1. The highest BCUT2D eigenvalue weighted by Gasteiger charge is 2.27. The summed E-state index contributed by atoms with van der Waals surface area (Å²) in [5.41, 5.74) is 3.17. The Morgan fingerprint density at radius 3 is 2.00 bits per heavy atom. The highest BCUT2D eigenvalue weighted by molar-refractivity contribution is 7.99. The SMILES string of the molecule is CC(C)=CCCC(C)=CCCC(C)=CCSCC(NC(=O)C(CO)NC(=O)OC(C)(C)C)C(=O)O. The minimum Gasteiger partial charge on any atom is -0.480 e. The molecule has 0 saturated heterocycles. The quantitative estimate of drug-likeness (QED) is 0.187. The molecular weight excluding hydrogens is 468 g/mol. The van der Waals surface area contributed by atoms with Crippen LogP contribution in [0.25, 0.3) is 0 Å². The lowest BCUT2D eigenvalue weighted by molar-refractivity contribution is -0.141. The maximum Gasteiger partial charge on any atom is 0.408 e. The second-order valence-corrected chi connectivity index (χ2v) is 10.9. The summed E-state index contributed by atoms with van der Waals surface area (Å²) in [6.07, 6.45) is 9.74. The van der Waals surface area contributed by atoms with Crippen molar-refractivity contribution in [2.24, 2.45) is 0 Å². The van der Waals surface area contributed by atoms with Crippen LogP contribution in [0.5, 0.6) is 0 Å². The van der Waals surface area contributed by atoms with Gasteiger partial charge in [0.1, 0.15) is 17.7 Å². The predicted octanol–water partition coefficient (Wildman–Crippen LogP) is 4.59. The molecule has 0 radical (unpaired) electrons. The van der Waals surface area contributed by atoms with Crippen LogP contribution in [0, 0.1) is 0 Å². The van der Waals surface area contributed by atoms with E-state index in [4.69, 9.17) is 4.74 Å². The lowest BCUT2D eigenvalue weighted by Gasteiger charge is -2.23. The van der Waals surface area contributed by atoms with Gasteiger partial charge in [0.05, 0.1) is 6.61 Å². The molecule has 0 aromatic rings. The van der Waals surface area contributed by atoms with Crippen LogP contribution in [0.4, 0.5) is 4.79 Å². The van der Waals surface area contributed by atoms with Crippen LogP contribution in [-0.4, -0.2) is 64.0 Å². The third-order valence-electron chi connectivity index (χ3n) is 4.76. The van der Waals surface area contributed by atoms with E-state index in [0.29, 0.717) is 5.75 Å². The number of carboxylic acid groups (broad SMARTS) is 1. The molecule has 0 aliphatic heterocycles. The molecule has 0 rings (SSSR count). The van der Waals surface area contributed by atoms with Gasteiger partial charge in [0.15, 0.2) is 0 Å². The fourth-order valence-electron chi connectivity index (χ4n) is 2.82. The number of carbonyl (C=O) groups is 3. The first-order chi connectivity index (χ1) is 16.2. The van der Waals surface area contributed by atoms with Crippen LogP contribution in [0.2, 0.25) is 0 Å². The molecule has 4 N–H and O–H groups in total. The van der Waals surface area contributed by atoms with Crippen molar-refractivity contribution in [2.75, 3.05) is 18.1 Å². The van der Waals surface area contributed by atoms with Gasteiger partial charge in [-0.25, -0.2) is 9.59 Å². The Bertz CT molecular complexity index is 779. The van der Waals surface area contributed by atoms with E-state index < -0.39 is 42.3 Å². The summed E-state index contributed by atoms with van der Waals surface area (Å²) in [6.45, 7) is 12.7. The number of ether oxygens (including phenoxy) is 1. The van der Waals surface area contributed by atoms with Gasteiger partial charge in [0, 0.05) is 11.5 Å². The Hall–Kier alpha value is -2.26. The van der Waals surface area contributed by atoms with Gasteiger partial charge in [-0.05, 0) is 74.1 Å². The molecule has 2 amide bonds. The van der Waals surface area contributed by atoms with Crippen LogP contribution < -0.4 is 10.6 Å². The summed E-state index contributed by atoms with van der Waals surface area (Å²) in [5, 5.41) is 23.5. The maximum atomic E-state index is 12.4. The first-order valence-electron chi connectivity index (χ1n) is 11.9. The molecule has 0 saturated carbocycles. The number of rotatable bonds is 15. The molecule has 0 spiro atoms. The van der Waals surface area contributed by atoms with Gasteiger partial charge in [-0.3, -0.25) is 4.79 Å². The van der Waals surface area contributed by atoms with Crippen LogP contribution in [-0.2, 0) is 14.3 Å². The molecule has 200 valence electrons. The molecule has 0 aromatic heterocycles. The second-order valence-electron chi connectivity index (χ2n) is 9.78. The lowest BCUT2D eigenvalue weighted by atomic mass is 10.1. The first-order valence-corrected chi connectivity index (χ1v) is 13.1. The highest BCUT2D eigenvalue weighted by Crippen LogP contribution is 2.13. The molecule has 2 atom stereocenters. The number of amides is 2. The molecule has 0 fully saturated rings. The van der Waals surface area contributed by atoms with Gasteiger partial charge in [-0.2, -0.15) is 11.8 Å². The van der Waals surface area contributed by atoms with Gasteiger partial charge < -0.3 is 25.6 Å². The summed E-state index contributed by atoms with van der Waals surface area (Å²) < 4.78 is 5.07. The number of nitrogens with one attached hydrogen (secondary N) is 2. The topological polar surface area (TPSA) is 125 Å². The molecule has 8 nitrogen and oxygen atoms in total. The number of alkyl carbamates (subject to hydrolysis) is 1. The van der Waals surface area contributed by atoms with Crippen molar-refractivity contribution in [3.8, 4) is 0 Å². The van der Waals surface area contributed by atoms with Crippen molar-refractivity contribution in [1.82, 2.24) is 10.6 Å². The Labute approximate surface area is 214 Å². The van der Waals surface area contributed by atoms with E-state index in [1.165, 1.54) is 28.5 Å². The van der Waals surface area contributed by atoms with Gasteiger partial charge in [-0.15, -0.1) is 0 Å². The third kappa shape index (κ3) is 17.8. The Morgan fingerprint density at radius 2 is 1.49 bits per heavy atom. The largest absolute Gasteiger partial charge is 0.480 e. The standard InChI is InChI=1S/C26H44N2O6S/c1-18(2)10-8-11-19(3)12-9-13-20(4)14-15-35-17-22(24(31)32)27-23(30)21(16-29)28-25(33)34-26(5,6)7/h10,12,14,21-22,29H,8-9,11,13,15-17H2,1-7H3,(H,27,30)(H,28,33)(H,31,32). The van der Waals surface area contributed by atoms with E-state index >= 15 is 0 Å². The monoisotopic (exact) mass is 512 g/mol. The fourth-order valence-corrected chi connectivity index (χ4v) is 3.82. The van der Waals surface area contributed by atoms with Crippen molar-refractivity contribution in [3.05, 3.63) is 34.9 Å². The van der Waals surface area contributed by atoms with Crippen molar-refractivity contribution in [1.29, 1.82) is 0 Å². The Balaban J connectivity index is 4.56. The van der Waals surface area contributed by atoms with Gasteiger partial charge >= 0.3 is 12.1 Å². The van der Waals surface area contributed by atoms with Crippen molar-refractivity contribution < 1.29 is 29.3 Å². The molecule has 0 aliphatic carbocycles. The van der Waals surface area contributed by atoms with Gasteiger partial charge in [0.2, 0.25) is 5.91 Å². The van der Waals surface area contributed by atoms with E-state index in [-0.39, 0.29) is 5.75 Å². The molecule has 0 bridgehead atoms. The number of aliphatic hydroxyl groups is 1. The number of thioether (sulfide) groups is 1. The molecule has 35 heavy (non-hydrogen) atoms. The van der Waals surface area contributed by atoms with Gasteiger partial charge in [-0.1, -0.05) is 34.9 Å². The lowest BCUT2D eigenvalue weighted by Crippen LogP contribution is -2.54. The molecule has 2 unspecified atom stereocenters. The summed E-state index contributed by atoms with van der Waals surface area (Å²) in [4.78, 5) is 35.8. The van der Waals surface area contributed by atoms with Gasteiger partial charge in [0.25, 0.3) is 0 Å². The molecule has 0 heterocycles. The Kier molecular flexibility index (Phi) is 16.1. The summed E-state index contributed by atoms with van der Waals surface area (Å²) in [6, 6.07) is -2.46. The maximum absolute atomic E-state index is 12.4. The van der Waals surface area contributed by atoms with E-state index in [1.54, 1.807) is 20.8 Å². The molecule has 9 heteroatoms. The zero-order valence-electron chi connectivity index (χ0n) is 22.3. The predicted molar refractivity (Wildman–Crippen MR) is 143 cm³/mol. The van der Waals surface area contributed by atoms with Crippen molar-refractivity contribution in [3.63, 3.8) is 0 Å². The number of hydrogen-bond donors (Lipinski definition) is 4. The summed E-state index contributed by atoms with van der Waals surface area (Å²) in [5.74, 6) is -1.20. The second kappa shape index (κ2) is 17.2. The smallest absolute Gasteiger partial charge is 0.408 e. The number of carbonyl (C=O) groups excluding carboxylic acids is 2. The number of hydrogen-bond acceptors (Lipinski definition) is 6. The summed E-state index contributed by atoms with van der Waals surface area (Å²) in [7, 11) is 0. The van der Waals surface area contributed by atoms with E-state index in [9.17, 15) is 24.6 Å². The number of aliphatic carboxylic acids is 1. The van der Waals surface area contributed by atoms with Crippen molar-refractivity contribution >= 4 is 29.7 Å². The zero-order chi connectivity index (χ0) is 27.0. The highest BCUT2D eigenvalue weighted by atomic mass is 32.2. The third-order valence-corrected chi connectivity index (χ3v) is 5.73.